The molecule has 0 unspecified atom stereocenters. The van der Waals surface area contributed by atoms with Crippen molar-refractivity contribution in [3.63, 3.8) is 0 Å². The Morgan fingerprint density at radius 1 is 1.33 bits per heavy atom. The van der Waals surface area contributed by atoms with Gasteiger partial charge in [0.2, 0.25) is 0 Å². The van der Waals surface area contributed by atoms with Crippen LogP contribution in [0.1, 0.15) is 25.7 Å². The van der Waals surface area contributed by atoms with Crippen LogP contribution < -0.4 is 4.89 Å². The van der Waals surface area contributed by atoms with Gasteiger partial charge in [0.1, 0.15) is 18.8 Å². The molecule has 1 aliphatic heterocycles. The number of rotatable bonds is 1. The summed E-state index contributed by atoms with van der Waals surface area (Å²) < 4.78 is 13.6. The number of nitrogens with one attached hydrogen (secondary N) is 1. The van der Waals surface area contributed by atoms with E-state index >= 15 is 0 Å². The Morgan fingerprint density at radius 2 is 2.17 bits per heavy atom. The van der Waals surface area contributed by atoms with Crippen molar-refractivity contribution in [2.24, 2.45) is 0 Å². The summed E-state index contributed by atoms with van der Waals surface area (Å²) in [5.74, 6) is 0. The van der Waals surface area contributed by atoms with Gasteiger partial charge < -0.3 is 9.63 Å². The Hall–Kier alpha value is -0.340. The lowest BCUT2D eigenvalue weighted by molar-refractivity contribution is -0.871. The first kappa shape index (κ1) is 7.10. The summed E-state index contributed by atoms with van der Waals surface area (Å²) in [6, 6.07) is 0. The molecule has 0 amide bonds. The molecule has 12 heavy (non-hydrogen) atoms. The number of allylic oxidation sites excluding steroid dienone is 2. The first-order chi connectivity index (χ1) is 6.31. The van der Waals surface area contributed by atoms with Crippen molar-refractivity contribution >= 4 is 0 Å². The van der Waals surface area contributed by atoms with Crippen molar-refractivity contribution in [3.05, 3.63) is 11.8 Å². The lowest BCUT2D eigenvalue weighted by Gasteiger charge is -2.27. The molecule has 0 spiro atoms. The zero-order chi connectivity index (χ0) is 9.15. The van der Waals surface area contributed by atoms with Gasteiger partial charge in [-0.25, -0.2) is 0 Å². The highest BCUT2D eigenvalue weighted by molar-refractivity contribution is 4.95. The average Bonchev–Trinajstić information content (AvgIpc) is 2.20. The number of hydrogen-bond acceptors (Lipinski definition) is 1. The fourth-order valence-electron chi connectivity index (χ4n) is 1.96. The molecule has 1 heterocycles. The second-order valence-electron chi connectivity index (χ2n) is 3.54. The summed E-state index contributed by atoms with van der Waals surface area (Å²) >= 11 is 0. The minimum absolute atomic E-state index is 0.403. The zero-order valence-corrected chi connectivity index (χ0v) is 7.59. The largest absolute Gasteiger partial charge is 0.370 e. The van der Waals surface area contributed by atoms with Crippen molar-refractivity contribution in [1.29, 1.82) is 0 Å². The first-order valence-electron chi connectivity index (χ1n) is 5.43. The Bertz CT molecular complexity index is 209. The van der Waals surface area contributed by atoms with Crippen LogP contribution in [0.25, 0.3) is 0 Å². The van der Waals surface area contributed by atoms with E-state index in [-0.39, 0.29) is 0 Å². The second kappa shape index (κ2) is 4.06. The maximum absolute atomic E-state index is 8.30. The van der Waals surface area contributed by atoms with Gasteiger partial charge >= 0.3 is 1.41 Å². The highest BCUT2D eigenvalue weighted by Crippen LogP contribution is 2.12. The summed E-state index contributed by atoms with van der Waals surface area (Å²) in [6.45, 7) is 3.18. The van der Waals surface area contributed by atoms with E-state index in [1.165, 1.54) is 25.0 Å². The van der Waals surface area contributed by atoms with E-state index in [2.05, 4.69) is 6.08 Å². The second-order valence-corrected chi connectivity index (χ2v) is 3.54. The molecule has 0 radical (unpaired) electrons. The Morgan fingerprint density at radius 3 is 2.83 bits per heavy atom. The predicted molar refractivity (Wildman–Crippen MR) is 48.1 cm³/mol. The van der Waals surface area contributed by atoms with Crippen molar-refractivity contribution in [2.45, 2.75) is 25.7 Å². The molecule has 2 nitrogen and oxygen atoms in total. The van der Waals surface area contributed by atoms with E-state index in [9.17, 15) is 0 Å². The third kappa shape index (κ3) is 1.87. The first-order valence-corrected chi connectivity index (χ1v) is 4.98. The van der Waals surface area contributed by atoms with Crippen LogP contribution in [0.4, 0.5) is 0 Å². The van der Waals surface area contributed by atoms with Gasteiger partial charge in [0.25, 0.3) is 0 Å². The molecule has 2 heteroatoms. The van der Waals surface area contributed by atoms with E-state index in [1.54, 1.807) is 0 Å². The molecular weight excluding hydrogens is 150 g/mol. The molecule has 1 saturated heterocycles. The molecule has 0 saturated carbocycles. The van der Waals surface area contributed by atoms with Crippen molar-refractivity contribution in [1.82, 2.24) is 0 Å². The molecule has 1 fully saturated rings. The fourth-order valence-corrected chi connectivity index (χ4v) is 1.96. The number of ether oxygens (including phenoxy) is 1. The number of quaternary nitrogens is 1. The third-order valence-corrected chi connectivity index (χ3v) is 2.68. The minimum Gasteiger partial charge on any atom is -0.370 e. The number of hydrogen-bond donors (Lipinski definition) is 1. The molecule has 0 aromatic rings. The van der Waals surface area contributed by atoms with Crippen LogP contribution in [-0.4, -0.2) is 26.3 Å². The van der Waals surface area contributed by atoms with E-state index < -0.39 is 0 Å². The number of morpholine rings is 1. The summed E-state index contributed by atoms with van der Waals surface area (Å²) in [4.78, 5) is 0.403. The third-order valence-electron chi connectivity index (χ3n) is 2.68. The van der Waals surface area contributed by atoms with Crippen molar-refractivity contribution in [3.8, 4) is 0 Å². The summed E-state index contributed by atoms with van der Waals surface area (Å²) in [6.07, 6.45) is 7.16. The molecule has 0 aromatic heterocycles. The zero-order valence-electron chi connectivity index (χ0n) is 8.59. The molecule has 68 valence electrons. The monoisotopic (exact) mass is 169 g/mol. The molecule has 1 N–H and O–H groups in total. The van der Waals surface area contributed by atoms with Gasteiger partial charge in [0.15, 0.2) is 0 Å². The predicted octanol–water partition coefficient (Wildman–Crippen LogP) is 0.359. The summed E-state index contributed by atoms with van der Waals surface area (Å²) in [5, 5.41) is 0. The maximum Gasteiger partial charge on any atom is 0.354 e. The van der Waals surface area contributed by atoms with Crippen LogP contribution in [0.5, 0.6) is 0 Å². The van der Waals surface area contributed by atoms with Gasteiger partial charge in [-0.15, -0.1) is 0 Å². The van der Waals surface area contributed by atoms with Crippen molar-refractivity contribution in [2.75, 3.05) is 26.3 Å². The lowest BCUT2D eigenvalue weighted by atomic mass is 10.0. The van der Waals surface area contributed by atoms with Gasteiger partial charge in [-0.3, -0.25) is 0 Å². The van der Waals surface area contributed by atoms with E-state index in [1.807, 2.05) is 0 Å². The normalized spacial score (nSPS) is 30.7. The van der Waals surface area contributed by atoms with Gasteiger partial charge in [0, 0.05) is 6.42 Å². The standard InChI is InChI=1S/C10H17NO/c1-2-4-10(5-3-1)11-6-8-12-9-7-11/h4H,1-3,5-9H2/p+1/i/hD. The van der Waals surface area contributed by atoms with Gasteiger partial charge in [-0.2, -0.15) is 0 Å². The van der Waals surface area contributed by atoms with Crippen LogP contribution in [0.2, 0.25) is 1.41 Å². The molecule has 2 rings (SSSR count). The van der Waals surface area contributed by atoms with Crippen LogP contribution in [0.3, 0.4) is 0 Å². The minimum atomic E-state index is 0.403. The van der Waals surface area contributed by atoms with Crippen LogP contribution in [-0.2, 0) is 4.74 Å². The maximum atomic E-state index is 8.30. The van der Waals surface area contributed by atoms with Gasteiger partial charge in [-0.1, -0.05) is 0 Å². The van der Waals surface area contributed by atoms with Gasteiger partial charge in [-0.05, 0) is 25.3 Å². The van der Waals surface area contributed by atoms with Crippen molar-refractivity contribution < 1.29 is 11.0 Å². The molecule has 0 aromatic carbocycles. The Labute approximate surface area is 75.7 Å². The highest BCUT2D eigenvalue weighted by atomic mass is 16.5. The van der Waals surface area contributed by atoms with Crippen LogP contribution >= 0.6 is 0 Å². The van der Waals surface area contributed by atoms with Gasteiger partial charge in [0.05, 0.1) is 13.2 Å². The molecular formula is C10H18NO+. The van der Waals surface area contributed by atoms with Crippen LogP contribution in [0.15, 0.2) is 11.8 Å². The van der Waals surface area contributed by atoms with Crippen LogP contribution in [0, 0.1) is 0 Å². The Kier molecular flexibility index (Phi) is 2.40. The average molecular weight is 169 g/mol. The van der Waals surface area contributed by atoms with E-state index in [0.29, 0.717) is 4.89 Å². The lowest BCUT2D eigenvalue weighted by Crippen LogP contribution is -3.12. The molecule has 1 aliphatic carbocycles. The van der Waals surface area contributed by atoms with E-state index in [0.717, 1.165) is 32.7 Å². The smallest absolute Gasteiger partial charge is 0.354 e. The summed E-state index contributed by atoms with van der Waals surface area (Å²) in [7, 11) is 0. The topological polar surface area (TPSA) is 13.7 Å². The molecule has 0 atom stereocenters. The molecule has 0 bridgehead atoms. The fraction of sp³-hybridized carbons (Fsp3) is 0.800. The Balaban J connectivity index is 2.07. The SMILES string of the molecule is [2H][N+]1(C2=CCCCC2)CCOCC1. The quantitative estimate of drug-likeness (QED) is 0.598. The van der Waals surface area contributed by atoms with E-state index in [4.69, 9.17) is 6.15 Å². The summed E-state index contributed by atoms with van der Waals surface area (Å²) in [5.41, 5.74) is 1.33. The highest BCUT2D eigenvalue weighted by Gasteiger charge is 2.19. The molecule has 2 aliphatic rings.